The lowest BCUT2D eigenvalue weighted by atomic mass is 9.87. The van der Waals surface area contributed by atoms with E-state index in [2.05, 4.69) is 61.4 Å². The van der Waals surface area contributed by atoms with Crippen molar-refractivity contribution in [2.75, 3.05) is 38.8 Å². The molecule has 1 saturated heterocycles. The number of benzene rings is 8. The molecule has 15 aromatic rings. The first-order valence-corrected chi connectivity index (χ1v) is 45.7. The van der Waals surface area contributed by atoms with Gasteiger partial charge in [0, 0.05) is 91.5 Å². The third-order valence-corrected chi connectivity index (χ3v) is 22.5. The zero-order valence-electron chi connectivity index (χ0n) is 83.4. The number of anilines is 1. The molecule has 0 unspecified atom stereocenters. The van der Waals surface area contributed by atoms with Gasteiger partial charge in [0.15, 0.2) is 121 Å². The third-order valence-electron chi connectivity index (χ3n) is 22.5. The summed E-state index contributed by atoms with van der Waals surface area (Å²) in [4.78, 5) is 164. The predicted octanol–water partition coefficient (Wildman–Crippen LogP) is 12.6. The molecular formula is C107H104F3N15O25. The Bertz CT molecular complexity index is 7930. The number of alkyl halides is 3. The summed E-state index contributed by atoms with van der Waals surface area (Å²) in [6.07, 6.45) is 7.64. The Balaban J connectivity index is 0.000000179. The largest absolute Gasteiger partial charge is 0.503 e. The van der Waals surface area contributed by atoms with E-state index < -0.39 is 136 Å². The maximum Gasteiger partial charge on any atom is 0.416 e. The number of aliphatic hydroxyl groups is 2. The highest BCUT2D eigenvalue weighted by atomic mass is 19.4. The number of carbonyl (C=O) groups is 7. The second-order valence-electron chi connectivity index (χ2n) is 34.5. The molecule has 1 fully saturated rings. The molecule has 150 heavy (non-hydrogen) atoms. The number of piperidine rings is 1. The number of rotatable bonds is 21. The van der Waals surface area contributed by atoms with Gasteiger partial charge in [0.25, 0.3) is 38.0 Å². The van der Waals surface area contributed by atoms with E-state index in [1.54, 1.807) is 60.7 Å². The molecule has 0 bridgehead atoms. The molecule has 8 heterocycles. The lowest BCUT2D eigenvalue weighted by Gasteiger charge is -2.28. The highest BCUT2D eigenvalue weighted by Gasteiger charge is 2.31. The van der Waals surface area contributed by atoms with Gasteiger partial charge in [-0.3, -0.25) is 67.1 Å². The van der Waals surface area contributed by atoms with Crippen LogP contribution >= 0.6 is 0 Å². The lowest BCUT2D eigenvalue weighted by molar-refractivity contribution is -0.137. The molecule has 0 radical (unpaired) electrons. The molecule has 16 rings (SSSR count). The number of methoxy groups -OCH3 is 2. The van der Waals surface area contributed by atoms with Crippen LogP contribution in [0.4, 0.5) is 18.9 Å². The normalized spacial score (nSPS) is 11.4. The van der Waals surface area contributed by atoms with Crippen molar-refractivity contribution in [3.63, 3.8) is 0 Å². The van der Waals surface area contributed by atoms with E-state index in [-0.39, 0.29) is 58.5 Å². The van der Waals surface area contributed by atoms with E-state index in [0.29, 0.717) is 57.6 Å². The Morgan fingerprint density at radius 2 is 0.647 bits per heavy atom. The summed E-state index contributed by atoms with van der Waals surface area (Å²) in [5.74, 6) is -6.41. The second-order valence-corrected chi connectivity index (χ2v) is 34.5. The molecule has 0 saturated carbocycles. The number of ether oxygens (including phenoxy) is 2. The molecule has 7 aromatic heterocycles. The van der Waals surface area contributed by atoms with Gasteiger partial charge in [-0.05, 0) is 175 Å². The average Bonchev–Trinajstić information content (AvgIpc) is 0.789. The van der Waals surface area contributed by atoms with E-state index in [1.807, 2.05) is 111 Å². The topological polar surface area (TPSA) is 567 Å². The van der Waals surface area contributed by atoms with E-state index in [1.165, 1.54) is 122 Å². The number of carbonyl (C=O) groups excluding carboxylic acids is 7. The highest BCUT2D eigenvalue weighted by molar-refractivity contribution is 5.95. The summed E-state index contributed by atoms with van der Waals surface area (Å²) in [6, 6.07) is 51.6. The third kappa shape index (κ3) is 28.3. The van der Waals surface area contributed by atoms with Crippen LogP contribution in [-0.2, 0) is 24.6 Å². The average molecular weight is 2060 g/mol. The van der Waals surface area contributed by atoms with Crippen molar-refractivity contribution < 1.29 is 102 Å². The Kier molecular flexibility index (Phi) is 37.6. The fourth-order valence-corrected chi connectivity index (χ4v) is 14.5. The van der Waals surface area contributed by atoms with E-state index in [9.17, 15) is 121 Å². The monoisotopic (exact) mass is 2060 g/mol. The van der Waals surface area contributed by atoms with Gasteiger partial charge in [-0.1, -0.05) is 93.6 Å². The maximum absolute atomic E-state index is 12.5. The maximum atomic E-state index is 12.5. The summed E-state index contributed by atoms with van der Waals surface area (Å²) in [5.41, 5.74) is 3.04. The number of para-hydroxylation sites is 2. The van der Waals surface area contributed by atoms with Gasteiger partial charge in [0.05, 0.1) is 110 Å². The number of hydrogen-bond acceptors (Lipinski definition) is 33. The summed E-state index contributed by atoms with van der Waals surface area (Å²) < 4.78 is 56.3. The standard InChI is InChI=1S/C20H18N2O3.C17H19N3O3.C16H18N2O3.C14H14N2O5.C14H14N2O4.C13H9F3N2O3.C13H12N2O4/c1-12-7-6-9-15(13(12)2)16-8-4-5-10-17(16)22-11-18(24)20(25)19(21-22)14(3)23;1-12(21)16-17(23)15(22)11-20(18-16)14-7-5-13(6-8-14)19-9-3-2-4-10-19;1-10(19)14-15(21)13(20)9-18(17-14)12-7-5-11(6-8-12)16(2,3)4;1-8(18)13-14(20)12(19)6-16(15-13)10-3-9(7-17)4-11(5-10)21-2;1-9(18)13-14(20)12(19)8-16(15-13)11-5-3-2-4-10(11)6-7-17;1-7(19)11-12(21)10(20)6-18(17-11)9-4-2-8(3-5-9)13(14,15)16;1-8(16)12-13(18)11(17)7-15(14-12)9-4-3-5-10(6-9)19-2/h4-11,24H,1-3H3;5-8,11,22H,2-4,9-10H2,1H3;5-9,20H,1-4H3;3-6,17,19H,7H2,1-2H3;2-5,8,17,19H,6-7H2,1H3;2-6,20H,1H3;3-7,17H,1-2H3. The number of aromatic hydroxyl groups is 7. The van der Waals surface area contributed by atoms with Crippen LogP contribution < -0.4 is 52.4 Å². The molecule has 0 aliphatic carbocycles. The highest BCUT2D eigenvalue weighted by Crippen LogP contribution is 2.34. The molecule has 0 amide bonds. The van der Waals surface area contributed by atoms with Crippen LogP contribution in [0.2, 0.25) is 0 Å². The van der Waals surface area contributed by atoms with Crippen LogP contribution in [0.3, 0.4) is 0 Å². The number of ketones is 7. The van der Waals surface area contributed by atoms with Crippen molar-refractivity contribution >= 4 is 46.2 Å². The number of Topliss-reactive ketones (excluding diaryl/α,β-unsaturated/α-hetero) is 7. The number of hydrogen-bond donors (Lipinski definition) is 9. The number of aromatic nitrogens is 14. The van der Waals surface area contributed by atoms with Crippen LogP contribution in [0.5, 0.6) is 51.7 Å². The van der Waals surface area contributed by atoms with Crippen LogP contribution in [-0.4, -0.2) is 189 Å². The molecule has 1 aliphatic heterocycles. The SMILES string of the molecule is CC(=O)c1nn(-c2ccc(C(C)(C)C)cc2)cc(O)c1=O.CC(=O)c1nn(-c2ccc(C(F)(F)F)cc2)cc(O)c1=O.CC(=O)c1nn(-c2ccc(N3CCCCC3)cc2)cc(O)c1=O.CC(=O)c1nn(-c2ccccc2-c2cccc(C)c2C)cc(O)c1=O.CC(=O)c1nn(-c2ccccc2CCO)cc(O)c1=O.COc1cc(CO)cc(-n2cc(O)c(=O)c(C(C)=O)n2)c1.COc1cccc(-n2cc(O)c(=O)c(C(C)=O)n2)c1. The molecule has 8 aromatic carbocycles. The number of aryl methyl sites for hydroxylation is 1. The molecule has 9 N–H and O–H groups in total. The van der Waals surface area contributed by atoms with Gasteiger partial charge < -0.3 is 60.3 Å². The number of halogens is 3. The zero-order valence-corrected chi connectivity index (χ0v) is 83.4. The predicted molar refractivity (Wildman–Crippen MR) is 545 cm³/mol. The van der Waals surface area contributed by atoms with Crippen LogP contribution in [0.1, 0.15) is 195 Å². The van der Waals surface area contributed by atoms with Gasteiger partial charge in [-0.25, -0.2) is 32.8 Å². The van der Waals surface area contributed by atoms with Crippen molar-refractivity contribution in [1.29, 1.82) is 0 Å². The van der Waals surface area contributed by atoms with Crippen molar-refractivity contribution in [3.05, 3.63) is 370 Å². The molecular weight excluding hydrogens is 1950 g/mol. The molecule has 40 nitrogen and oxygen atoms in total. The second kappa shape index (κ2) is 49.7. The van der Waals surface area contributed by atoms with Gasteiger partial charge in [-0.2, -0.15) is 48.9 Å². The van der Waals surface area contributed by atoms with Crippen molar-refractivity contribution in [3.8, 4) is 103 Å². The Morgan fingerprint density at radius 1 is 0.333 bits per heavy atom. The van der Waals surface area contributed by atoms with Crippen molar-refractivity contribution in [2.45, 2.75) is 127 Å². The van der Waals surface area contributed by atoms with Gasteiger partial charge >= 0.3 is 6.18 Å². The first-order chi connectivity index (χ1) is 70.9. The summed E-state index contributed by atoms with van der Waals surface area (Å²) in [6.45, 7) is 20.8. The zero-order chi connectivity index (χ0) is 110. The van der Waals surface area contributed by atoms with Crippen LogP contribution in [0.15, 0.2) is 259 Å². The minimum atomic E-state index is -4.47. The van der Waals surface area contributed by atoms with Gasteiger partial charge in [0.2, 0.25) is 0 Å². The van der Waals surface area contributed by atoms with E-state index in [0.717, 1.165) is 113 Å². The minimum absolute atomic E-state index is 0.0299. The molecule has 0 spiro atoms. The molecule has 778 valence electrons. The summed E-state index contributed by atoms with van der Waals surface area (Å²) in [7, 11) is 2.99. The number of aliphatic hydroxyl groups excluding tert-OH is 2. The first-order valence-electron chi connectivity index (χ1n) is 45.7. The quantitative estimate of drug-likeness (QED) is 0.0302. The van der Waals surface area contributed by atoms with Gasteiger partial charge in [0.1, 0.15) is 11.5 Å². The Hall–Kier alpha value is -18.7. The van der Waals surface area contributed by atoms with Crippen LogP contribution in [0, 0.1) is 13.8 Å². The molecule has 0 atom stereocenters. The fourth-order valence-electron chi connectivity index (χ4n) is 14.5. The minimum Gasteiger partial charge on any atom is -0.503 e. The van der Waals surface area contributed by atoms with E-state index >= 15 is 0 Å². The fraction of sp³-hybridized carbons (Fsp3) is 0.224. The molecule has 43 heteroatoms. The van der Waals surface area contributed by atoms with Crippen molar-refractivity contribution in [2.24, 2.45) is 0 Å². The lowest BCUT2D eigenvalue weighted by Crippen LogP contribution is -2.29. The molecule has 1 aliphatic rings. The first kappa shape index (κ1) is 113. The summed E-state index contributed by atoms with van der Waals surface area (Å²) >= 11 is 0. The van der Waals surface area contributed by atoms with Crippen molar-refractivity contribution in [1.82, 2.24) is 68.5 Å². The number of nitrogens with zero attached hydrogens (tertiary/aromatic N) is 15. The Labute approximate surface area is 851 Å². The van der Waals surface area contributed by atoms with Crippen LogP contribution in [0.25, 0.3) is 50.9 Å². The van der Waals surface area contributed by atoms with Gasteiger partial charge in [-0.15, -0.1) is 0 Å². The smallest absolute Gasteiger partial charge is 0.416 e. The van der Waals surface area contributed by atoms with E-state index in [4.69, 9.17) is 14.6 Å². The Morgan fingerprint density at radius 3 is 1.01 bits per heavy atom. The summed E-state index contributed by atoms with van der Waals surface area (Å²) in [5, 5.41) is 114.